The number of piperidine rings is 1. The van der Waals surface area contributed by atoms with Crippen molar-refractivity contribution in [3.8, 4) is 0 Å². The maximum Gasteiger partial charge on any atom is 0.0923 e. The summed E-state index contributed by atoms with van der Waals surface area (Å²) in [5.74, 6) is 0. The van der Waals surface area contributed by atoms with Crippen LogP contribution in [0.5, 0.6) is 0 Å². The summed E-state index contributed by atoms with van der Waals surface area (Å²) in [6.07, 6.45) is 3.73. The van der Waals surface area contributed by atoms with Gasteiger partial charge in [0.05, 0.1) is 5.60 Å². The van der Waals surface area contributed by atoms with Gasteiger partial charge in [0.25, 0.3) is 0 Å². The smallest absolute Gasteiger partial charge is 0.0923 e. The quantitative estimate of drug-likeness (QED) is 0.908. The van der Waals surface area contributed by atoms with Gasteiger partial charge >= 0.3 is 0 Å². The van der Waals surface area contributed by atoms with E-state index in [4.69, 9.17) is 0 Å². The molecule has 122 valence electrons. The first kappa shape index (κ1) is 16.2. The monoisotopic (exact) mass is 309 g/mol. The van der Waals surface area contributed by atoms with Gasteiger partial charge < -0.3 is 10.0 Å². The Morgan fingerprint density at radius 3 is 2.30 bits per heavy atom. The van der Waals surface area contributed by atoms with Gasteiger partial charge in [-0.15, -0.1) is 0 Å². The zero-order chi connectivity index (χ0) is 16.1. The van der Waals surface area contributed by atoms with Crippen molar-refractivity contribution in [2.24, 2.45) is 0 Å². The molecule has 1 fully saturated rings. The van der Waals surface area contributed by atoms with Crippen LogP contribution in [0, 0.1) is 0 Å². The Bertz CT molecular complexity index is 615. The molecule has 23 heavy (non-hydrogen) atoms. The van der Waals surface area contributed by atoms with E-state index in [0.717, 1.165) is 50.9 Å². The number of nitrogens with zero attached hydrogens (tertiary/aromatic N) is 1. The lowest BCUT2D eigenvalue weighted by Gasteiger charge is -2.39. The van der Waals surface area contributed by atoms with E-state index < -0.39 is 5.60 Å². The van der Waals surface area contributed by atoms with E-state index in [1.807, 2.05) is 6.07 Å². The third-order valence-corrected chi connectivity index (χ3v) is 5.14. The molecule has 2 nitrogen and oxygen atoms in total. The van der Waals surface area contributed by atoms with Gasteiger partial charge in [0.2, 0.25) is 0 Å². The first-order valence-corrected chi connectivity index (χ1v) is 8.78. The highest BCUT2D eigenvalue weighted by molar-refractivity contribution is 5.33. The molecule has 0 aliphatic carbocycles. The molecule has 2 aromatic rings. The van der Waals surface area contributed by atoms with Gasteiger partial charge in [0.1, 0.15) is 0 Å². The third-order valence-electron chi connectivity index (χ3n) is 5.14. The van der Waals surface area contributed by atoms with Crippen molar-refractivity contribution in [2.45, 2.75) is 38.2 Å². The molecule has 0 unspecified atom stereocenters. The Morgan fingerprint density at radius 1 is 0.957 bits per heavy atom. The van der Waals surface area contributed by atoms with Gasteiger partial charge in [-0.3, -0.25) is 0 Å². The highest BCUT2D eigenvalue weighted by Crippen LogP contribution is 2.35. The summed E-state index contributed by atoms with van der Waals surface area (Å²) in [7, 11) is 0. The molecule has 0 saturated carbocycles. The Morgan fingerprint density at radius 2 is 1.61 bits per heavy atom. The van der Waals surface area contributed by atoms with Crippen LogP contribution < -0.4 is 0 Å². The van der Waals surface area contributed by atoms with Crippen LogP contribution in [0.25, 0.3) is 0 Å². The number of hydrogen-bond donors (Lipinski definition) is 1. The summed E-state index contributed by atoms with van der Waals surface area (Å²) >= 11 is 0. The van der Waals surface area contributed by atoms with Crippen LogP contribution in [0.2, 0.25) is 0 Å². The second kappa shape index (κ2) is 7.29. The maximum absolute atomic E-state index is 11.1. The van der Waals surface area contributed by atoms with Gasteiger partial charge in [0.15, 0.2) is 0 Å². The van der Waals surface area contributed by atoms with Crippen molar-refractivity contribution in [1.29, 1.82) is 0 Å². The Balaban J connectivity index is 1.59. The molecular formula is C21H27NO. The van der Waals surface area contributed by atoms with E-state index >= 15 is 0 Å². The summed E-state index contributed by atoms with van der Waals surface area (Å²) in [5, 5.41) is 11.1. The van der Waals surface area contributed by atoms with Crippen LogP contribution in [-0.4, -0.2) is 29.6 Å². The minimum absolute atomic E-state index is 0.643. The summed E-state index contributed by atoms with van der Waals surface area (Å²) in [6, 6.07) is 19.0. The Kier molecular flexibility index (Phi) is 5.14. The lowest BCUT2D eigenvalue weighted by atomic mass is 9.81. The lowest BCUT2D eigenvalue weighted by molar-refractivity contribution is -0.0261. The predicted molar refractivity (Wildman–Crippen MR) is 95.5 cm³/mol. The molecule has 0 aromatic heterocycles. The van der Waals surface area contributed by atoms with Gasteiger partial charge in [0, 0.05) is 19.6 Å². The van der Waals surface area contributed by atoms with E-state index in [0.29, 0.717) is 0 Å². The topological polar surface area (TPSA) is 23.5 Å². The predicted octanol–water partition coefficient (Wildman–Crippen LogP) is 3.78. The van der Waals surface area contributed by atoms with Gasteiger partial charge in [-0.1, -0.05) is 61.5 Å². The fraction of sp³-hybridized carbons (Fsp3) is 0.429. The summed E-state index contributed by atoms with van der Waals surface area (Å²) in [5.41, 5.74) is 3.18. The number of aryl methyl sites for hydroxylation is 1. The molecule has 3 rings (SSSR count). The van der Waals surface area contributed by atoms with Crippen LogP contribution in [0.15, 0.2) is 54.6 Å². The van der Waals surface area contributed by atoms with Crippen LogP contribution in [0.4, 0.5) is 0 Å². The normalized spacial score (nSPS) is 18.0. The number of rotatable bonds is 5. The van der Waals surface area contributed by atoms with Crippen molar-refractivity contribution in [3.63, 3.8) is 0 Å². The average Bonchev–Trinajstić information content (AvgIpc) is 2.62. The largest absolute Gasteiger partial charge is 0.385 e. The van der Waals surface area contributed by atoms with Gasteiger partial charge in [-0.25, -0.2) is 0 Å². The zero-order valence-electron chi connectivity index (χ0n) is 14.0. The first-order valence-electron chi connectivity index (χ1n) is 8.78. The van der Waals surface area contributed by atoms with Crippen molar-refractivity contribution in [2.75, 3.05) is 19.6 Å². The second-order valence-corrected chi connectivity index (χ2v) is 6.62. The number of likely N-dealkylation sites (tertiary alicyclic amines) is 1. The fourth-order valence-corrected chi connectivity index (χ4v) is 3.63. The van der Waals surface area contributed by atoms with E-state index in [1.54, 1.807) is 0 Å². The minimum Gasteiger partial charge on any atom is -0.385 e. The van der Waals surface area contributed by atoms with Gasteiger partial charge in [-0.2, -0.15) is 0 Å². The second-order valence-electron chi connectivity index (χ2n) is 6.62. The van der Waals surface area contributed by atoms with E-state index in [9.17, 15) is 5.11 Å². The molecule has 1 aliphatic heterocycles. The molecule has 2 heteroatoms. The van der Waals surface area contributed by atoms with Crippen LogP contribution >= 0.6 is 0 Å². The third kappa shape index (κ3) is 3.82. The number of hydrogen-bond acceptors (Lipinski definition) is 2. The SMILES string of the molecule is CCc1ccccc1C1(O)CCN(CCc2ccccc2)CC1. The molecule has 0 amide bonds. The first-order chi connectivity index (χ1) is 11.2. The summed E-state index contributed by atoms with van der Waals surface area (Å²) < 4.78 is 0. The van der Waals surface area contributed by atoms with Crippen molar-refractivity contribution >= 4 is 0 Å². The van der Waals surface area contributed by atoms with Crippen LogP contribution in [0.1, 0.15) is 36.5 Å². The Hall–Kier alpha value is -1.64. The highest BCUT2D eigenvalue weighted by atomic mass is 16.3. The highest BCUT2D eigenvalue weighted by Gasteiger charge is 2.34. The Labute approximate surface area is 139 Å². The molecular weight excluding hydrogens is 282 g/mol. The molecule has 1 N–H and O–H groups in total. The number of aliphatic hydroxyl groups is 1. The van der Waals surface area contributed by atoms with Gasteiger partial charge in [-0.05, 0) is 42.4 Å². The molecule has 2 aromatic carbocycles. The van der Waals surface area contributed by atoms with Crippen LogP contribution in [0.3, 0.4) is 0 Å². The standard InChI is InChI=1S/C21H27NO/c1-2-19-10-6-7-11-20(19)21(23)13-16-22(17-14-21)15-12-18-8-4-3-5-9-18/h3-11,23H,2,12-17H2,1H3. The zero-order valence-corrected chi connectivity index (χ0v) is 14.0. The number of benzene rings is 2. The van der Waals surface area contributed by atoms with E-state index in [2.05, 4.69) is 60.4 Å². The molecule has 1 heterocycles. The minimum atomic E-state index is -0.643. The van der Waals surface area contributed by atoms with Crippen LogP contribution in [-0.2, 0) is 18.4 Å². The maximum atomic E-state index is 11.1. The van der Waals surface area contributed by atoms with Crippen molar-refractivity contribution < 1.29 is 5.11 Å². The molecule has 1 saturated heterocycles. The molecule has 0 radical (unpaired) electrons. The fourth-order valence-electron chi connectivity index (χ4n) is 3.63. The summed E-state index contributed by atoms with van der Waals surface area (Å²) in [6.45, 7) is 5.19. The lowest BCUT2D eigenvalue weighted by Crippen LogP contribution is -2.43. The van der Waals surface area contributed by atoms with E-state index in [-0.39, 0.29) is 0 Å². The molecule has 0 bridgehead atoms. The average molecular weight is 309 g/mol. The summed E-state index contributed by atoms with van der Waals surface area (Å²) in [4.78, 5) is 2.48. The molecule has 0 spiro atoms. The molecule has 1 aliphatic rings. The van der Waals surface area contributed by atoms with Crippen molar-refractivity contribution in [1.82, 2.24) is 4.90 Å². The molecule has 0 atom stereocenters. The van der Waals surface area contributed by atoms with Crippen molar-refractivity contribution in [3.05, 3.63) is 71.3 Å². The van der Waals surface area contributed by atoms with E-state index in [1.165, 1.54) is 11.1 Å².